The van der Waals surface area contributed by atoms with E-state index in [2.05, 4.69) is 24.3 Å². The molecule has 1 amide bonds. The lowest BCUT2D eigenvalue weighted by Gasteiger charge is -2.31. The Labute approximate surface area is 133 Å². The number of amides is 1. The van der Waals surface area contributed by atoms with E-state index < -0.39 is 0 Å². The van der Waals surface area contributed by atoms with Gasteiger partial charge in [-0.05, 0) is 24.8 Å². The highest BCUT2D eigenvalue weighted by Crippen LogP contribution is 2.13. The molecule has 7 heteroatoms. The molecule has 0 aliphatic heterocycles. The molecule has 0 aliphatic carbocycles. The summed E-state index contributed by atoms with van der Waals surface area (Å²) in [6, 6.07) is 0. The van der Waals surface area contributed by atoms with Gasteiger partial charge in [-0.2, -0.15) is 5.10 Å². The minimum absolute atomic E-state index is 0. The molecular formula is C13H26Cl2N4O. The smallest absolute Gasteiger partial charge is 0.220 e. The second-order valence-electron chi connectivity index (χ2n) is 4.76. The molecule has 1 rings (SSSR count). The maximum absolute atomic E-state index is 11.9. The second-order valence-corrected chi connectivity index (χ2v) is 4.76. The van der Waals surface area contributed by atoms with Crippen LogP contribution in [0.3, 0.4) is 0 Å². The molecule has 1 aromatic heterocycles. The summed E-state index contributed by atoms with van der Waals surface area (Å²) in [6.45, 7) is 4.59. The van der Waals surface area contributed by atoms with Crippen LogP contribution in [-0.4, -0.2) is 27.8 Å². The van der Waals surface area contributed by atoms with Crippen LogP contribution in [-0.2, 0) is 18.3 Å². The second kappa shape index (κ2) is 10.0. The molecule has 0 unspecified atom stereocenters. The molecule has 3 N–H and O–H groups in total. The first-order valence-corrected chi connectivity index (χ1v) is 6.54. The Morgan fingerprint density at radius 3 is 2.40 bits per heavy atom. The van der Waals surface area contributed by atoms with Crippen molar-refractivity contribution in [3.63, 3.8) is 0 Å². The van der Waals surface area contributed by atoms with E-state index in [4.69, 9.17) is 5.73 Å². The number of hydrogen-bond acceptors (Lipinski definition) is 3. The van der Waals surface area contributed by atoms with E-state index in [-0.39, 0.29) is 36.3 Å². The highest BCUT2D eigenvalue weighted by atomic mass is 35.5. The molecule has 0 spiro atoms. The maximum atomic E-state index is 11.9. The number of nitrogens with one attached hydrogen (secondary N) is 1. The van der Waals surface area contributed by atoms with E-state index in [1.54, 1.807) is 10.9 Å². The first-order valence-electron chi connectivity index (χ1n) is 6.54. The van der Waals surface area contributed by atoms with Crippen LogP contribution >= 0.6 is 24.8 Å². The lowest BCUT2D eigenvalue weighted by atomic mass is 9.92. The van der Waals surface area contributed by atoms with E-state index in [1.165, 1.54) is 0 Å². The van der Waals surface area contributed by atoms with E-state index in [1.807, 2.05) is 13.2 Å². The molecule has 0 radical (unpaired) electrons. The van der Waals surface area contributed by atoms with Crippen molar-refractivity contribution in [2.45, 2.75) is 45.1 Å². The fourth-order valence-corrected chi connectivity index (χ4v) is 1.98. The van der Waals surface area contributed by atoms with Crippen LogP contribution < -0.4 is 11.1 Å². The van der Waals surface area contributed by atoms with Crippen molar-refractivity contribution in [2.24, 2.45) is 12.8 Å². The fourth-order valence-electron chi connectivity index (χ4n) is 1.98. The zero-order valence-corrected chi connectivity index (χ0v) is 14.0. The molecule has 20 heavy (non-hydrogen) atoms. The Hall–Kier alpha value is -0.780. The van der Waals surface area contributed by atoms with Crippen LogP contribution in [0.2, 0.25) is 0 Å². The Morgan fingerprint density at radius 1 is 1.40 bits per heavy atom. The third-order valence-corrected chi connectivity index (χ3v) is 3.55. The largest absolute Gasteiger partial charge is 0.349 e. The quantitative estimate of drug-likeness (QED) is 0.803. The standard InChI is InChI=1S/C13H24N4O.2ClH/c1-4-13(5-2,10-14)16-12(18)7-6-11-8-15-17(3)9-11;;/h8-9H,4-7,10,14H2,1-3H3,(H,16,18);2*1H. The van der Waals surface area contributed by atoms with Gasteiger partial charge in [-0.25, -0.2) is 0 Å². The summed E-state index contributed by atoms with van der Waals surface area (Å²) >= 11 is 0. The number of hydrogen-bond donors (Lipinski definition) is 2. The lowest BCUT2D eigenvalue weighted by molar-refractivity contribution is -0.123. The number of aromatic nitrogens is 2. The Morgan fingerprint density at radius 2 is 2.00 bits per heavy atom. The Kier molecular flexibility index (Phi) is 10.8. The predicted molar refractivity (Wildman–Crippen MR) is 86.5 cm³/mol. The van der Waals surface area contributed by atoms with Crippen molar-refractivity contribution in [3.05, 3.63) is 18.0 Å². The number of carbonyl (C=O) groups is 1. The molecule has 5 nitrogen and oxygen atoms in total. The highest BCUT2D eigenvalue weighted by molar-refractivity contribution is 5.85. The van der Waals surface area contributed by atoms with E-state index in [0.29, 0.717) is 19.4 Å². The van der Waals surface area contributed by atoms with Crippen molar-refractivity contribution in [1.29, 1.82) is 0 Å². The average Bonchev–Trinajstić information content (AvgIpc) is 2.80. The van der Waals surface area contributed by atoms with Crippen LogP contribution in [0.25, 0.3) is 0 Å². The van der Waals surface area contributed by atoms with Crippen LogP contribution in [0, 0.1) is 0 Å². The van der Waals surface area contributed by atoms with Crippen molar-refractivity contribution in [1.82, 2.24) is 15.1 Å². The van der Waals surface area contributed by atoms with Crippen LogP contribution in [0.1, 0.15) is 38.7 Å². The summed E-state index contributed by atoms with van der Waals surface area (Å²) in [5.74, 6) is 0.0630. The highest BCUT2D eigenvalue weighted by Gasteiger charge is 2.25. The van der Waals surface area contributed by atoms with Gasteiger partial charge >= 0.3 is 0 Å². The average molecular weight is 325 g/mol. The molecular weight excluding hydrogens is 299 g/mol. The van der Waals surface area contributed by atoms with Crippen LogP contribution in [0.5, 0.6) is 0 Å². The van der Waals surface area contributed by atoms with Gasteiger partial charge in [0, 0.05) is 26.2 Å². The van der Waals surface area contributed by atoms with Gasteiger partial charge in [-0.1, -0.05) is 13.8 Å². The Bertz CT molecular complexity index is 383. The van der Waals surface area contributed by atoms with Crippen molar-refractivity contribution >= 4 is 30.7 Å². The summed E-state index contributed by atoms with van der Waals surface area (Å²) in [6.07, 6.45) is 6.64. The summed E-state index contributed by atoms with van der Waals surface area (Å²) in [5.41, 5.74) is 6.60. The molecule has 0 atom stereocenters. The van der Waals surface area contributed by atoms with Gasteiger partial charge in [0.05, 0.1) is 11.7 Å². The van der Waals surface area contributed by atoms with Gasteiger partial charge in [0.2, 0.25) is 5.91 Å². The number of nitrogens with two attached hydrogens (primary N) is 1. The van der Waals surface area contributed by atoms with Gasteiger partial charge in [-0.15, -0.1) is 24.8 Å². The normalized spacial score (nSPS) is 10.4. The van der Waals surface area contributed by atoms with E-state index in [0.717, 1.165) is 18.4 Å². The lowest BCUT2D eigenvalue weighted by Crippen LogP contribution is -2.52. The van der Waals surface area contributed by atoms with Crippen LogP contribution in [0.15, 0.2) is 12.4 Å². The topological polar surface area (TPSA) is 72.9 Å². The molecule has 0 aliphatic rings. The van der Waals surface area contributed by atoms with Crippen LogP contribution in [0.4, 0.5) is 0 Å². The van der Waals surface area contributed by atoms with Gasteiger partial charge in [-0.3, -0.25) is 9.48 Å². The van der Waals surface area contributed by atoms with Gasteiger partial charge in [0.1, 0.15) is 0 Å². The number of nitrogens with zero attached hydrogens (tertiary/aromatic N) is 2. The molecule has 0 saturated heterocycles. The van der Waals surface area contributed by atoms with Gasteiger partial charge in [0.15, 0.2) is 0 Å². The summed E-state index contributed by atoms with van der Waals surface area (Å²) in [4.78, 5) is 11.9. The number of aryl methyl sites for hydroxylation is 2. The number of carbonyl (C=O) groups excluding carboxylic acids is 1. The third-order valence-electron chi connectivity index (χ3n) is 3.55. The molecule has 0 fully saturated rings. The van der Waals surface area contributed by atoms with Crippen molar-refractivity contribution in [3.8, 4) is 0 Å². The molecule has 1 aromatic rings. The minimum Gasteiger partial charge on any atom is -0.349 e. The molecule has 0 bridgehead atoms. The predicted octanol–water partition coefficient (Wildman–Crippen LogP) is 1.83. The van der Waals surface area contributed by atoms with E-state index in [9.17, 15) is 4.79 Å². The minimum atomic E-state index is -0.244. The van der Waals surface area contributed by atoms with Crippen molar-refractivity contribution < 1.29 is 4.79 Å². The summed E-state index contributed by atoms with van der Waals surface area (Å²) in [5, 5.41) is 7.15. The monoisotopic (exact) mass is 324 g/mol. The molecule has 0 saturated carbocycles. The van der Waals surface area contributed by atoms with Gasteiger partial charge in [0.25, 0.3) is 0 Å². The van der Waals surface area contributed by atoms with Gasteiger partial charge < -0.3 is 11.1 Å². The Balaban J connectivity index is 0. The maximum Gasteiger partial charge on any atom is 0.220 e. The number of rotatable bonds is 7. The number of halogens is 2. The summed E-state index contributed by atoms with van der Waals surface area (Å²) < 4.78 is 1.75. The fraction of sp³-hybridized carbons (Fsp3) is 0.692. The zero-order valence-electron chi connectivity index (χ0n) is 12.4. The SMILES string of the molecule is CCC(CC)(CN)NC(=O)CCc1cnn(C)c1.Cl.Cl. The van der Waals surface area contributed by atoms with E-state index >= 15 is 0 Å². The first kappa shape index (κ1) is 21.5. The summed E-state index contributed by atoms with van der Waals surface area (Å²) in [7, 11) is 1.87. The molecule has 0 aromatic carbocycles. The first-order chi connectivity index (χ1) is 8.55. The molecule has 1 heterocycles. The van der Waals surface area contributed by atoms with Crippen molar-refractivity contribution in [2.75, 3.05) is 6.54 Å². The zero-order chi connectivity index (χ0) is 13.6. The molecule has 118 valence electrons. The third kappa shape index (κ3) is 6.11.